The average Bonchev–Trinajstić information content (AvgIpc) is 2.97. The fourth-order valence-electron chi connectivity index (χ4n) is 1.73. The van der Waals surface area contributed by atoms with Crippen LogP contribution in [0, 0.1) is 11.6 Å². The summed E-state index contributed by atoms with van der Waals surface area (Å²) >= 11 is 2.60. The third kappa shape index (κ3) is 5.41. The number of rotatable bonds is 8. The summed E-state index contributed by atoms with van der Waals surface area (Å²) < 4.78 is 27.1. The van der Waals surface area contributed by atoms with E-state index in [0.717, 1.165) is 31.5 Å². The molecule has 130 valence electrons. The number of carbonyl (C=O) groups is 1. The number of nitrogens with one attached hydrogen (secondary N) is 2. The van der Waals surface area contributed by atoms with E-state index in [4.69, 9.17) is 0 Å². The maximum Gasteiger partial charge on any atom is 0.237 e. The molecule has 5 nitrogen and oxygen atoms in total. The van der Waals surface area contributed by atoms with E-state index < -0.39 is 16.9 Å². The normalized spacial score (nSPS) is 12.0. The summed E-state index contributed by atoms with van der Waals surface area (Å²) in [4.78, 5) is 12.1. The summed E-state index contributed by atoms with van der Waals surface area (Å²) in [5.41, 5.74) is -0.0481. The number of unbranched alkanes of at least 4 members (excludes halogenated alkanes) is 1. The molecule has 0 radical (unpaired) electrons. The maximum atomic E-state index is 13.6. The minimum atomic E-state index is -0.807. The van der Waals surface area contributed by atoms with Crippen LogP contribution in [0.4, 0.5) is 19.6 Å². The summed E-state index contributed by atoms with van der Waals surface area (Å²) in [5.74, 6) is -1.88. The Balaban J connectivity index is 1.89. The molecule has 1 amide bonds. The van der Waals surface area contributed by atoms with Crippen LogP contribution in [0.25, 0.3) is 0 Å². The molecule has 2 rings (SSSR count). The zero-order chi connectivity index (χ0) is 17.5. The number of anilines is 2. The molecule has 9 heteroatoms. The molecule has 1 heterocycles. The van der Waals surface area contributed by atoms with Gasteiger partial charge in [-0.05, 0) is 25.5 Å². The number of hydrogen-bond acceptors (Lipinski definition) is 6. The minimum Gasteiger partial charge on any atom is -0.360 e. The Hall–Kier alpha value is -1.74. The van der Waals surface area contributed by atoms with E-state index in [1.165, 1.54) is 29.2 Å². The first-order valence-corrected chi connectivity index (χ1v) is 9.19. The minimum absolute atomic E-state index is 0.0481. The fraction of sp³-hybridized carbons (Fsp3) is 0.400. The Bertz CT molecular complexity index is 696. The summed E-state index contributed by atoms with van der Waals surface area (Å²) in [7, 11) is 0. The molecule has 2 aromatic rings. The van der Waals surface area contributed by atoms with Gasteiger partial charge in [0.05, 0.1) is 10.9 Å². The van der Waals surface area contributed by atoms with Crippen molar-refractivity contribution in [3.63, 3.8) is 0 Å². The second-order valence-electron chi connectivity index (χ2n) is 5.03. The molecule has 24 heavy (non-hydrogen) atoms. The molecule has 0 saturated carbocycles. The fourth-order valence-corrected chi connectivity index (χ4v) is 3.65. The number of carbonyl (C=O) groups excluding carboxylic acids is 1. The van der Waals surface area contributed by atoms with Crippen molar-refractivity contribution in [3.8, 4) is 0 Å². The van der Waals surface area contributed by atoms with Gasteiger partial charge in [0.2, 0.25) is 11.0 Å². The van der Waals surface area contributed by atoms with Crippen molar-refractivity contribution in [2.24, 2.45) is 0 Å². The van der Waals surface area contributed by atoms with E-state index in [1.807, 2.05) is 0 Å². The van der Waals surface area contributed by atoms with Crippen LogP contribution in [0.1, 0.15) is 26.7 Å². The Labute approximate surface area is 147 Å². The molecule has 0 bridgehead atoms. The topological polar surface area (TPSA) is 66.9 Å². The van der Waals surface area contributed by atoms with Crippen LogP contribution in [0.5, 0.6) is 0 Å². The van der Waals surface area contributed by atoms with Crippen molar-refractivity contribution >= 4 is 39.8 Å². The van der Waals surface area contributed by atoms with Crippen LogP contribution in [-0.2, 0) is 4.79 Å². The molecule has 0 aliphatic carbocycles. The van der Waals surface area contributed by atoms with Gasteiger partial charge in [0.1, 0.15) is 11.6 Å². The third-order valence-electron chi connectivity index (χ3n) is 3.05. The van der Waals surface area contributed by atoms with E-state index in [9.17, 15) is 13.6 Å². The van der Waals surface area contributed by atoms with Crippen molar-refractivity contribution in [1.29, 1.82) is 0 Å². The monoisotopic (exact) mass is 372 g/mol. The Kier molecular flexibility index (Phi) is 6.92. The first-order chi connectivity index (χ1) is 11.5. The molecule has 0 aliphatic heterocycles. The first kappa shape index (κ1) is 18.6. The quantitative estimate of drug-likeness (QED) is 0.538. The highest BCUT2D eigenvalue weighted by Gasteiger charge is 2.18. The third-order valence-corrected chi connectivity index (χ3v) is 5.11. The second-order valence-corrected chi connectivity index (χ2v) is 7.59. The first-order valence-electron chi connectivity index (χ1n) is 7.49. The predicted octanol–water partition coefficient (Wildman–Crippen LogP) is 4.15. The van der Waals surface area contributed by atoms with Crippen LogP contribution in [-0.4, -0.2) is 27.9 Å². The van der Waals surface area contributed by atoms with Crippen LogP contribution in [0.15, 0.2) is 22.5 Å². The molecule has 0 fully saturated rings. The summed E-state index contributed by atoms with van der Waals surface area (Å²) in [6.45, 7) is 4.62. The molecule has 1 aromatic heterocycles. The molecule has 1 aromatic carbocycles. The van der Waals surface area contributed by atoms with Gasteiger partial charge in [-0.15, -0.1) is 10.2 Å². The van der Waals surface area contributed by atoms with Gasteiger partial charge in [-0.25, -0.2) is 8.78 Å². The van der Waals surface area contributed by atoms with Gasteiger partial charge in [0.15, 0.2) is 4.34 Å². The molecule has 0 unspecified atom stereocenters. The van der Waals surface area contributed by atoms with Gasteiger partial charge >= 0.3 is 0 Å². The lowest BCUT2D eigenvalue weighted by molar-refractivity contribution is -0.115. The van der Waals surface area contributed by atoms with Crippen molar-refractivity contribution in [2.75, 3.05) is 17.2 Å². The Morgan fingerprint density at radius 1 is 1.38 bits per heavy atom. The van der Waals surface area contributed by atoms with E-state index >= 15 is 0 Å². The SMILES string of the molecule is CCCCNc1nnc(S[C@@H](C)C(=O)Nc2ccc(F)cc2F)s1. The molecular formula is C15H18F2N4OS2. The summed E-state index contributed by atoms with van der Waals surface area (Å²) in [6.07, 6.45) is 2.13. The van der Waals surface area contributed by atoms with Gasteiger partial charge < -0.3 is 10.6 Å². The lowest BCUT2D eigenvalue weighted by atomic mass is 10.3. The Morgan fingerprint density at radius 2 is 2.17 bits per heavy atom. The standard InChI is InChI=1S/C15H18F2N4OS2/c1-3-4-7-18-14-20-21-15(24-14)23-9(2)13(22)19-12-6-5-10(16)8-11(12)17/h5-6,8-9H,3-4,7H2,1-2H3,(H,18,20)(H,19,22)/t9-/m0/s1. The molecule has 0 saturated heterocycles. The zero-order valence-electron chi connectivity index (χ0n) is 13.3. The average molecular weight is 372 g/mol. The Morgan fingerprint density at radius 3 is 2.88 bits per heavy atom. The van der Waals surface area contributed by atoms with Crippen molar-refractivity contribution in [2.45, 2.75) is 36.3 Å². The zero-order valence-corrected chi connectivity index (χ0v) is 14.9. The lowest BCUT2D eigenvalue weighted by Crippen LogP contribution is -2.22. The van der Waals surface area contributed by atoms with Crippen molar-refractivity contribution < 1.29 is 13.6 Å². The molecule has 1 atom stereocenters. The largest absolute Gasteiger partial charge is 0.360 e. The summed E-state index contributed by atoms with van der Waals surface area (Å²) in [5, 5.41) is 13.9. The molecule has 0 aliphatic rings. The number of nitrogens with zero attached hydrogens (tertiary/aromatic N) is 2. The highest BCUT2D eigenvalue weighted by atomic mass is 32.2. The van der Waals surface area contributed by atoms with Gasteiger partial charge in [-0.3, -0.25) is 4.79 Å². The second kappa shape index (κ2) is 8.93. The molecule has 0 spiro atoms. The summed E-state index contributed by atoms with van der Waals surface area (Å²) in [6, 6.07) is 3.02. The highest BCUT2D eigenvalue weighted by molar-refractivity contribution is 8.02. The van der Waals surface area contributed by atoms with E-state index in [2.05, 4.69) is 27.8 Å². The predicted molar refractivity (Wildman–Crippen MR) is 93.6 cm³/mol. The van der Waals surface area contributed by atoms with Gasteiger partial charge in [0, 0.05) is 12.6 Å². The number of hydrogen-bond donors (Lipinski definition) is 2. The van der Waals surface area contributed by atoms with Gasteiger partial charge in [0.25, 0.3) is 0 Å². The van der Waals surface area contributed by atoms with Crippen molar-refractivity contribution in [1.82, 2.24) is 10.2 Å². The molecule has 2 N–H and O–H groups in total. The van der Waals surface area contributed by atoms with E-state index in [1.54, 1.807) is 6.92 Å². The van der Waals surface area contributed by atoms with Gasteiger partial charge in [-0.1, -0.05) is 36.4 Å². The van der Waals surface area contributed by atoms with E-state index in [-0.39, 0.29) is 11.6 Å². The molecular weight excluding hydrogens is 354 g/mol. The lowest BCUT2D eigenvalue weighted by Gasteiger charge is -2.10. The van der Waals surface area contributed by atoms with Crippen LogP contribution in [0.2, 0.25) is 0 Å². The van der Waals surface area contributed by atoms with Gasteiger partial charge in [-0.2, -0.15) is 0 Å². The number of amides is 1. The van der Waals surface area contributed by atoms with Crippen molar-refractivity contribution in [3.05, 3.63) is 29.8 Å². The van der Waals surface area contributed by atoms with Crippen LogP contribution in [0.3, 0.4) is 0 Å². The number of thioether (sulfide) groups is 1. The van der Waals surface area contributed by atoms with Crippen LogP contribution < -0.4 is 10.6 Å². The number of halogens is 2. The smallest absolute Gasteiger partial charge is 0.237 e. The van der Waals surface area contributed by atoms with E-state index in [0.29, 0.717) is 9.47 Å². The maximum absolute atomic E-state index is 13.6. The number of aromatic nitrogens is 2. The highest BCUT2D eigenvalue weighted by Crippen LogP contribution is 2.29. The van der Waals surface area contributed by atoms with Crippen LogP contribution >= 0.6 is 23.1 Å². The number of benzene rings is 1.